The largest absolute Gasteiger partial charge is 0.502 e. The summed E-state index contributed by atoms with van der Waals surface area (Å²) < 4.78 is 15.6. The highest BCUT2D eigenvalue weighted by molar-refractivity contribution is 5.84. The summed E-state index contributed by atoms with van der Waals surface area (Å²) >= 11 is 0. The lowest BCUT2D eigenvalue weighted by Crippen LogP contribution is -2.24. The highest BCUT2D eigenvalue weighted by Crippen LogP contribution is 2.36. The van der Waals surface area contributed by atoms with Crippen molar-refractivity contribution in [2.24, 2.45) is 5.10 Å². The monoisotopic (exact) mass is 358 g/mol. The minimum absolute atomic E-state index is 0.0990. The molecule has 0 unspecified atom stereocenters. The lowest BCUT2D eigenvalue weighted by Gasteiger charge is -2.09. The maximum atomic E-state index is 11.9. The van der Waals surface area contributed by atoms with Crippen LogP contribution in [0.2, 0.25) is 0 Å². The molecular formula is C19H22N2O5. The molecule has 0 fully saturated rings. The average molecular weight is 358 g/mol. The predicted octanol–water partition coefficient (Wildman–Crippen LogP) is 2.56. The van der Waals surface area contributed by atoms with E-state index in [-0.39, 0.29) is 29.8 Å². The maximum Gasteiger partial charge on any atom is 0.277 e. The molecule has 2 rings (SSSR count). The van der Waals surface area contributed by atoms with Gasteiger partial charge < -0.3 is 19.3 Å². The van der Waals surface area contributed by atoms with Crippen molar-refractivity contribution in [2.75, 3.05) is 20.8 Å². The Labute approximate surface area is 152 Å². The van der Waals surface area contributed by atoms with Crippen LogP contribution in [0, 0.1) is 13.8 Å². The number of phenolic OH excluding ortho intramolecular Hbond substituents is 1. The molecule has 0 saturated carbocycles. The Morgan fingerprint density at radius 1 is 1.12 bits per heavy atom. The number of carbonyl (C=O) groups is 1. The number of hydrogen-bond acceptors (Lipinski definition) is 6. The molecule has 0 aliphatic rings. The number of amides is 1. The zero-order valence-electron chi connectivity index (χ0n) is 15.2. The third-order valence-corrected chi connectivity index (χ3v) is 3.61. The molecule has 0 aliphatic heterocycles. The summed E-state index contributed by atoms with van der Waals surface area (Å²) in [5, 5.41) is 13.7. The highest BCUT2D eigenvalue weighted by Gasteiger charge is 2.10. The van der Waals surface area contributed by atoms with Crippen molar-refractivity contribution < 1.29 is 24.1 Å². The van der Waals surface area contributed by atoms with Gasteiger partial charge in [-0.3, -0.25) is 4.79 Å². The van der Waals surface area contributed by atoms with E-state index in [4.69, 9.17) is 14.2 Å². The zero-order valence-corrected chi connectivity index (χ0v) is 15.2. The van der Waals surface area contributed by atoms with Crippen LogP contribution < -0.4 is 19.6 Å². The standard InChI is InChI=1S/C19H22N2O5/c1-12-5-6-13(2)15(7-12)26-11-18(22)21-20-10-14-8-16(24-3)19(23)17(9-14)25-4/h5-10,23H,11H2,1-4H3,(H,21,22)/b20-10-. The molecule has 2 aromatic rings. The number of nitrogens with zero attached hydrogens (tertiary/aromatic N) is 1. The fraction of sp³-hybridized carbons (Fsp3) is 0.263. The predicted molar refractivity (Wildman–Crippen MR) is 98.4 cm³/mol. The molecule has 2 aromatic carbocycles. The van der Waals surface area contributed by atoms with Crippen LogP contribution in [0.25, 0.3) is 0 Å². The lowest BCUT2D eigenvalue weighted by molar-refractivity contribution is -0.123. The van der Waals surface area contributed by atoms with Crippen molar-refractivity contribution >= 4 is 12.1 Å². The Morgan fingerprint density at radius 2 is 1.77 bits per heavy atom. The molecule has 0 saturated heterocycles. The Hall–Kier alpha value is -3.22. The molecule has 0 aromatic heterocycles. The lowest BCUT2D eigenvalue weighted by atomic mass is 10.1. The summed E-state index contributed by atoms with van der Waals surface area (Å²) in [4.78, 5) is 11.9. The van der Waals surface area contributed by atoms with E-state index in [2.05, 4.69) is 10.5 Å². The van der Waals surface area contributed by atoms with E-state index >= 15 is 0 Å². The van der Waals surface area contributed by atoms with E-state index in [1.54, 1.807) is 12.1 Å². The second-order valence-corrected chi connectivity index (χ2v) is 5.62. The first-order valence-electron chi connectivity index (χ1n) is 7.91. The van der Waals surface area contributed by atoms with Crippen LogP contribution >= 0.6 is 0 Å². The van der Waals surface area contributed by atoms with Gasteiger partial charge in [0.05, 0.1) is 20.4 Å². The maximum absolute atomic E-state index is 11.9. The first-order valence-corrected chi connectivity index (χ1v) is 7.91. The summed E-state index contributed by atoms with van der Waals surface area (Å²) in [6.07, 6.45) is 1.42. The Balaban J connectivity index is 1.95. The first-order chi connectivity index (χ1) is 12.4. The second-order valence-electron chi connectivity index (χ2n) is 5.62. The number of aromatic hydroxyl groups is 1. The number of carbonyl (C=O) groups excluding carboxylic acids is 1. The number of phenols is 1. The first kappa shape index (κ1) is 19.1. The summed E-state index contributed by atoms with van der Waals surface area (Å²) in [6, 6.07) is 8.93. The summed E-state index contributed by atoms with van der Waals surface area (Å²) in [7, 11) is 2.86. The molecule has 2 N–H and O–H groups in total. The van der Waals surface area contributed by atoms with Crippen molar-refractivity contribution in [2.45, 2.75) is 13.8 Å². The molecule has 0 spiro atoms. The topological polar surface area (TPSA) is 89.4 Å². The average Bonchev–Trinajstić information content (AvgIpc) is 2.63. The Morgan fingerprint density at radius 3 is 2.38 bits per heavy atom. The molecule has 0 radical (unpaired) electrons. The zero-order chi connectivity index (χ0) is 19.1. The number of rotatable bonds is 7. The third kappa shape index (κ3) is 4.89. The Bertz CT molecular complexity index is 793. The number of ether oxygens (including phenoxy) is 3. The molecule has 0 aliphatic carbocycles. The van der Waals surface area contributed by atoms with Gasteiger partial charge in [-0.05, 0) is 43.2 Å². The van der Waals surface area contributed by atoms with Gasteiger partial charge in [0.1, 0.15) is 5.75 Å². The van der Waals surface area contributed by atoms with Crippen LogP contribution in [-0.4, -0.2) is 38.1 Å². The number of nitrogens with one attached hydrogen (secondary N) is 1. The second kappa shape index (κ2) is 8.75. The molecule has 7 nitrogen and oxygen atoms in total. The SMILES string of the molecule is COc1cc(/C=N\NC(=O)COc2cc(C)ccc2C)cc(OC)c1O. The molecule has 1 amide bonds. The van der Waals surface area contributed by atoms with Gasteiger partial charge in [-0.1, -0.05) is 12.1 Å². The van der Waals surface area contributed by atoms with Gasteiger partial charge in [0.2, 0.25) is 5.75 Å². The van der Waals surface area contributed by atoms with Gasteiger partial charge in [-0.2, -0.15) is 5.10 Å². The van der Waals surface area contributed by atoms with Crippen LogP contribution in [0.5, 0.6) is 23.0 Å². The number of methoxy groups -OCH3 is 2. The van der Waals surface area contributed by atoms with Gasteiger partial charge >= 0.3 is 0 Å². The molecule has 26 heavy (non-hydrogen) atoms. The Kier molecular flexibility index (Phi) is 6.43. The number of aryl methyl sites for hydroxylation is 2. The van der Waals surface area contributed by atoms with E-state index in [0.29, 0.717) is 11.3 Å². The van der Waals surface area contributed by atoms with Crippen molar-refractivity contribution in [3.63, 3.8) is 0 Å². The smallest absolute Gasteiger partial charge is 0.277 e. The van der Waals surface area contributed by atoms with Gasteiger partial charge in [0.25, 0.3) is 5.91 Å². The van der Waals surface area contributed by atoms with E-state index in [1.165, 1.54) is 20.4 Å². The van der Waals surface area contributed by atoms with Gasteiger partial charge in [0, 0.05) is 5.56 Å². The number of benzene rings is 2. The van der Waals surface area contributed by atoms with Gasteiger partial charge in [-0.25, -0.2) is 5.43 Å². The van der Waals surface area contributed by atoms with Crippen LogP contribution in [0.4, 0.5) is 0 Å². The summed E-state index contributed by atoms with van der Waals surface area (Å²) in [5.41, 5.74) is 4.99. The fourth-order valence-corrected chi connectivity index (χ4v) is 2.21. The van der Waals surface area contributed by atoms with Crippen molar-refractivity contribution in [1.29, 1.82) is 0 Å². The van der Waals surface area contributed by atoms with E-state index in [0.717, 1.165) is 11.1 Å². The van der Waals surface area contributed by atoms with Crippen molar-refractivity contribution in [3.05, 3.63) is 47.0 Å². The molecule has 138 valence electrons. The fourth-order valence-electron chi connectivity index (χ4n) is 2.21. The third-order valence-electron chi connectivity index (χ3n) is 3.61. The van der Waals surface area contributed by atoms with E-state index in [1.807, 2.05) is 32.0 Å². The van der Waals surface area contributed by atoms with Gasteiger partial charge in [0.15, 0.2) is 18.1 Å². The van der Waals surface area contributed by atoms with Crippen LogP contribution in [0.1, 0.15) is 16.7 Å². The van der Waals surface area contributed by atoms with Crippen molar-refractivity contribution in [1.82, 2.24) is 5.43 Å². The van der Waals surface area contributed by atoms with E-state index < -0.39 is 0 Å². The van der Waals surface area contributed by atoms with E-state index in [9.17, 15) is 9.90 Å². The minimum Gasteiger partial charge on any atom is -0.502 e. The van der Waals surface area contributed by atoms with Crippen LogP contribution in [0.3, 0.4) is 0 Å². The summed E-state index contributed by atoms with van der Waals surface area (Å²) in [6.45, 7) is 3.72. The number of hydrazone groups is 1. The quantitative estimate of drug-likeness (QED) is 0.586. The normalized spacial score (nSPS) is 10.6. The molecular weight excluding hydrogens is 336 g/mol. The van der Waals surface area contributed by atoms with Crippen molar-refractivity contribution in [3.8, 4) is 23.0 Å². The minimum atomic E-state index is -0.389. The molecule has 0 heterocycles. The number of hydrogen-bond donors (Lipinski definition) is 2. The molecule has 0 atom stereocenters. The summed E-state index contributed by atoms with van der Waals surface area (Å²) in [5.74, 6) is 0.667. The van der Waals surface area contributed by atoms with Crippen LogP contribution in [0.15, 0.2) is 35.4 Å². The van der Waals surface area contributed by atoms with Crippen LogP contribution in [-0.2, 0) is 4.79 Å². The molecule has 0 bridgehead atoms. The highest BCUT2D eigenvalue weighted by atomic mass is 16.5. The van der Waals surface area contributed by atoms with Gasteiger partial charge in [-0.15, -0.1) is 0 Å². The molecule has 7 heteroatoms.